The van der Waals surface area contributed by atoms with Gasteiger partial charge in [-0.15, -0.1) is 0 Å². The van der Waals surface area contributed by atoms with Gasteiger partial charge in [-0.2, -0.15) is 0 Å². The second-order valence-electron chi connectivity index (χ2n) is 5.61. The van der Waals surface area contributed by atoms with Crippen LogP contribution in [0, 0.1) is 0 Å². The minimum absolute atomic E-state index is 0.116. The van der Waals surface area contributed by atoms with Gasteiger partial charge in [0, 0.05) is 43.3 Å². The molecular weight excluding hydrogens is 280 g/mol. The summed E-state index contributed by atoms with van der Waals surface area (Å²) in [7, 11) is 0. The number of nitrogen functional groups attached to an aromatic ring is 1. The van der Waals surface area contributed by atoms with Crippen molar-refractivity contribution in [3.05, 3.63) is 50.9 Å². The molecule has 1 aromatic heterocycles. The van der Waals surface area contributed by atoms with E-state index < -0.39 is 10.9 Å². The standard InChI is InChI=1S/C16H16N4O2/c17-13-14(16(22)15(13)21)20-7-5-19(6-8-20)12-9-18-11-4-2-1-3-10(11)12/h1-4,9,18H,5-8,17H2. The maximum absolute atomic E-state index is 11.6. The summed E-state index contributed by atoms with van der Waals surface area (Å²) in [6.45, 7) is 2.96. The minimum Gasteiger partial charge on any atom is -0.394 e. The van der Waals surface area contributed by atoms with E-state index in [1.807, 2.05) is 23.2 Å². The molecule has 3 aromatic rings. The first-order valence-corrected chi connectivity index (χ1v) is 7.31. The molecule has 1 aliphatic heterocycles. The highest BCUT2D eigenvalue weighted by Gasteiger charge is 2.27. The Hall–Kier alpha value is -2.76. The van der Waals surface area contributed by atoms with Crippen LogP contribution in [0.25, 0.3) is 10.9 Å². The predicted octanol–water partition coefficient (Wildman–Crippen LogP) is 0.673. The van der Waals surface area contributed by atoms with Gasteiger partial charge in [0.05, 0.1) is 5.69 Å². The van der Waals surface area contributed by atoms with E-state index in [-0.39, 0.29) is 5.69 Å². The van der Waals surface area contributed by atoms with Gasteiger partial charge in [-0.25, -0.2) is 0 Å². The molecule has 22 heavy (non-hydrogen) atoms. The summed E-state index contributed by atoms with van der Waals surface area (Å²) in [4.78, 5) is 30.3. The average molecular weight is 296 g/mol. The molecule has 1 aliphatic rings. The Morgan fingerprint density at radius 3 is 2.36 bits per heavy atom. The largest absolute Gasteiger partial charge is 0.394 e. The van der Waals surface area contributed by atoms with Gasteiger partial charge in [0.2, 0.25) is 0 Å². The summed E-state index contributed by atoms with van der Waals surface area (Å²) in [5, 5.41) is 1.20. The molecule has 0 unspecified atom stereocenters. The van der Waals surface area contributed by atoms with E-state index in [0.717, 1.165) is 18.6 Å². The van der Waals surface area contributed by atoms with Crippen LogP contribution >= 0.6 is 0 Å². The molecule has 0 amide bonds. The van der Waals surface area contributed by atoms with Crippen molar-refractivity contribution in [1.29, 1.82) is 0 Å². The van der Waals surface area contributed by atoms with Crippen LogP contribution in [0.5, 0.6) is 0 Å². The number of benzene rings is 1. The lowest BCUT2D eigenvalue weighted by Gasteiger charge is -2.37. The minimum atomic E-state index is -0.547. The summed E-state index contributed by atoms with van der Waals surface area (Å²) in [6, 6.07) is 8.19. The van der Waals surface area contributed by atoms with Crippen LogP contribution < -0.4 is 26.4 Å². The van der Waals surface area contributed by atoms with Crippen molar-refractivity contribution in [2.45, 2.75) is 0 Å². The number of anilines is 3. The number of nitrogens with two attached hydrogens (primary N) is 1. The zero-order valence-electron chi connectivity index (χ0n) is 12.0. The molecule has 1 saturated heterocycles. The van der Waals surface area contributed by atoms with Crippen LogP contribution in [0.4, 0.5) is 17.1 Å². The van der Waals surface area contributed by atoms with Crippen molar-refractivity contribution in [1.82, 2.24) is 4.98 Å². The fraction of sp³-hybridized carbons (Fsp3) is 0.250. The topological polar surface area (TPSA) is 82.4 Å². The molecule has 2 heterocycles. The maximum Gasteiger partial charge on any atom is 0.253 e. The summed E-state index contributed by atoms with van der Waals surface area (Å²) in [5.74, 6) is 0. The number of piperazine rings is 1. The van der Waals surface area contributed by atoms with Crippen LogP contribution in [0.3, 0.4) is 0 Å². The molecule has 0 saturated carbocycles. The summed E-state index contributed by atoms with van der Waals surface area (Å²) in [5.41, 5.74) is 7.46. The zero-order chi connectivity index (χ0) is 15.3. The van der Waals surface area contributed by atoms with Crippen molar-refractivity contribution >= 4 is 28.0 Å². The van der Waals surface area contributed by atoms with E-state index in [4.69, 9.17) is 5.73 Å². The fourth-order valence-electron chi connectivity index (χ4n) is 3.20. The number of para-hydroxylation sites is 1. The molecule has 0 atom stereocenters. The first-order valence-electron chi connectivity index (χ1n) is 7.31. The number of hydrogen-bond acceptors (Lipinski definition) is 5. The Balaban J connectivity index is 1.55. The van der Waals surface area contributed by atoms with E-state index in [1.54, 1.807) is 0 Å². The van der Waals surface area contributed by atoms with E-state index in [9.17, 15) is 9.59 Å². The number of aromatic nitrogens is 1. The molecule has 6 heteroatoms. The second-order valence-corrected chi connectivity index (χ2v) is 5.61. The molecule has 3 N–H and O–H groups in total. The van der Waals surface area contributed by atoms with Crippen LogP contribution in [0.1, 0.15) is 0 Å². The van der Waals surface area contributed by atoms with Gasteiger partial charge < -0.3 is 20.5 Å². The molecular formula is C16H16N4O2. The number of nitrogens with one attached hydrogen (secondary N) is 1. The Bertz CT molecular complexity index is 912. The van der Waals surface area contributed by atoms with E-state index in [2.05, 4.69) is 22.0 Å². The monoisotopic (exact) mass is 296 g/mol. The molecule has 0 spiro atoms. The number of fused-ring (bicyclic) bond motifs is 1. The quantitative estimate of drug-likeness (QED) is 0.679. The summed E-state index contributed by atoms with van der Waals surface area (Å²) >= 11 is 0. The van der Waals surface area contributed by atoms with Crippen LogP contribution in [-0.4, -0.2) is 31.2 Å². The Kier molecular flexibility index (Phi) is 2.72. The first kappa shape index (κ1) is 12.9. The van der Waals surface area contributed by atoms with Crippen molar-refractivity contribution in [2.75, 3.05) is 41.7 Å². The summed E-state index contributed by atoms with van der Waals surface area (Å²) in [6.07, 6.45) is 2.02. The molecule has 4 rings (SSSR count). The first-order chi connectivity index (χ1) is 10.7. The fourth-order valence-corrected chi connectivity index (χ4v) is 3.20. The number of nitrogens with zero attached hydrogens (tertiary/aromatic N) is 2. The zero-order valence-corrected chi connectivity index (χ0v) is 12.0. The lowest BCUT2D eigenvalue weighted by atomic mass is 10.1. The van der Waals surface area contributed by atoms with Gasteiger partial charge in [0.15, 0.2) is 0 Å². The van der Waals surface area contributed by atoms with Gasteiger partial charge in [-0.3, -0.25) is 9.59 Å². The highest BCUT2D eigenvalue weighted by molar-refractivity contribution is 5.93. The highest BCUT2D eigenvalue weighted by Crippen LogP contribution is 2.28. The third kappa shape index (κ3) is 1.73. The molecule has 0 aliphatic carbocycles. The van der Waals surface area contributed by atoms with Gasteiger partial charge in [0.1, 0.15) is 11.4 Å². The molecule has 0 bridgehead atoms. The summed E-state index contributed by atoms with van der Waals surface area (Å²) < 4.78 is 0. The van der Waals surface area contributed by atoms with Crippen molar-refractivity contribution < 1.29 is 0 Å². The number of H-pyrrole nitrogens is 1. The average Bonchev–Trinajstić information content (AvgIpc) is 2.99. The van der Waals surface area contributed by atoms with Gasteiger partial charge in [-0.05, 0) is 6.07 Å². The molecule has 112 valence electrons. The molecule has 6 nitrogen and oxygen atoms in total. The van der Waals surface area contributed by atoms with Gasteiger partial charge >= 0.3 is 0 Å². The van der Waals surface area contributed by atoms with Gasteiger partial charge in [-0.1, -0.05) is 18.2 Å². The van der Waals surface area contributed by atoms with Crippen LogP contribution in [-0.2, 0) is 0 Å². The van der Waals surface area contributed by atoms with Crippen molar-refractivity contribution in [2.24, 2.45) is 0 Å². The molecule has 2 aromatic carbocycles. The van der Waals surface area contributed by atoms with E-state index in [0.29, 0.717) is 18.8 Å². The second kappa shape index (κ2) is 4.62. The number of rotatable bonds is 2. The number of aromatic amines is 1. The SMILES string of the molecule is Nc1c(N2CCN(c3c[nH]c4ccccc34)CC2)c(=O)c1=O. The third-order valence-corrected chi connectivity index (χ3v) is 4.43. The lowest BCUT2D eigenvalue weighted by Crippen LogP contribution is -2.51. The normalized spacial score (nSPS) is 15.8. The molecule has 0 radical (unpaired) electrons. The lowest BCUT2D eigenvalue weighted by molar-refractivity contribution is 0.652. The predicted molar refractivity (Wildman–Crippen MR) is 88.5 cm³/mol. The Labute approximate surface area is 126 Å². The Morgan fingerprint density at radius 1 is 0.955 bits per heavy atom. The smallest absolute Gasteiger partial charge is 0.253 e. The number of hydrogen-bond donors (Lipinski definition) is 2. The highest BCUT2D eigenvalue weighted by atomic mass is 16.2. The maximum atomic E-state index is 11.6. The van der Waals surface area contributed by atoms with Crippen molar-refractivity contribution in [3.8, 4) is 0 Å². The van der Waals surface area contributed by atoms with Crippen LogP contribution in [0.15, 0.2) is 40.1 Å². The van der Waals surface area contributed by atoms with E-state index in [1.165, 1.54) is 11.1 Å². The third-order valence-electron chi connectivity index (χ3n) is 4.43. The molecule has 1 fully saturated rings. The Morgan fingerprint density at radius 2 is 1.64 bits per heavy atom. The van der Waals surface area contributed by atoms with Crippen LogP contribution in [0.2, 0.25) is 0 Å². The van der Waals surface area contributed by atoms with E-state index >= 15 is 0 Å². The van der Waals surface area contributed by atoms with Crippen molar-refractivity contribution in [3.63, 3.8) is 0 Å². The van der Waals surface area contributed by atoms with Gasteiger partial charge in [0.25, 0.3) is 10.9 Å².